The molecule has 5 heteroatoms. The fraction of sp³-hybridized carbons (Fsp3) is 0.870. The number of ketones is 1. The second kappa shape index (κ2) is 5.69. The van der Waals surface area contributed by atoms with Crippen molar-refractivity contribution in [3.63, 3.8) is 0 Å². The summed E-state index contributed by atoms with van der Waals surface area (Å²) >= 11 is 0. The number of ether oxygens (including phenoxy) is 4. The highest BCUT2D eigenvalue weighted by molar-refractivity contribution is 5.85. The van der Waals surface area contributed by atoms with Crippen molar-refractivity contribution >= 4 is 5.78 Å². The number of carbonyl (C=O) groups excluding carboxylic acids is 1. The molecule has 0 aromatic heterocycles. The molecule has 5 atom stereocenters. The topological polar surface area (TPSA) is 54.0 Å². The van der Waals surface area contributed by atoms with Gasteiger partial charge >= 0.3 is 0 Å². The van der Waals surface area contributed by atoms with E-state index < -0.39 is 11.6 Å². The van der Waals surface area contributed by atoms with Gasteiger partial charge in [-0.1, -0.05) is 25.5 Å². The Morgan fingerprint density at radius 2 is 1.64 bits per heavy atom. The maximum atomic E-state index is 13.7. The molecule has 154 valence electrons. The van der Waals surface area contributed by atoms with E-state index in [0.29, 0.717) is 50.5 Å². The highest BCUT2D eigenvalue weighted by Crippen LogP contribution is 2.68. The Kier molecular flexibility index (Phi) is 3.67. The molecule has 2 saturated heterocycles. The van der Waals surface area contributed by atoms with Gasteiger partial charge in [-0.25, -0.2) is 0 Å². The molecule has 0 aromatic rings. The third-order valence-corrected chi connectivity index (χ3v) is 9.42. The lowest BCUT2D eigenvalue weighted by molar-refractivity contribution is -0.239. The lowest BCUT2D eigenvalue weighted by Gasteiger charge is -2.58. The standard InChI is InChI=1S/C23H32O5/c1-20-7-8-22(25-9-10-26-22)13-15(20)3-4-16-17-5-6-23(27-11-12-28-23)21(17,2)14-18(24)19(16)20/h3,16-17,19H,4-14H2,1-2H3/t16?,17?,19?,20-,21-/m0/s1. The molecule has 4 aliphatic carbocycles. The molecule has 6 rings (SSSR count). The van der Waals surface area contributed by atoms with Crippen molar-refractivity contribution in [2.24, 2.45) is 28.6 Å². The zero-order valence-electron chi connectivity index (χ0n) is 17.1. The zero-order valence-corrected chi connectivity index (χ0v) is 17.1. The molecule has 0 amide bonds. The van der Waals surface area contributed by atoms with Gasteiger partial charge in [-0.2, -0.15) is 0 Å². The summed E-state index contributed by atoms with van der Waals surface area (Å²) < 4.78 is 24.4. The maximum Gasteiger partial charge on any atom is 0.174 e. The van der Waals surface area contributed by atoms with Crippen molar-refractivity contribution in [3.05, 3.63) is 11.6 Å². The van der Waals surface area contributed by atoms with Gasteiger partial charge in [0.15, 0.2) is 11.6 Å². The summed E-state index contributed by atoms with van der Waals surface area (Å²) in [7, 11) is 0. The summed E-state index contributed by atoms with van der Waals surface area (Å²) in [6.07, 6.45) is 8.78. The largest absolute Gasteiger partial charge is 0.347 e. The Bertz CT molecular complexity index is 731. The van der Waals surface area contributed by atoms with Crippen LogP contribution in [0.1, 0.15) is 58.8 Å². The van der Waals surface area contributed by atoms with Gasteiger partial charge in [-0.05, 0) is 36.5 Å². The minimum absolute atomic E-state index is 0.0466. The molecule has 2 spiro atoms. The predicted molar refractivity (Wildman–Crippen MR) is 101 cm³/mol. The van der Waals surface area contributed by atoms with Gasteiger partial charge in [-0.3, -0.25) is 4.79 Å². The average molecular weight is 389 g/mol. The van der Waals surface area contributed by atoms with E-state index in [2.05, 4.69) is 19.9 Å². The number of carbonyl (C=O) groups is 1. The Morgan fingerprint density at radius 3 is 2.39 bits per heavy atom. The number of fused-ring (bicyclic) bond motifs is 6. The molecule has 5 nitrogen and oxygen atoms in total. The van der Waals surface area contributed by atoms with Crippen LogP contribution in [0.5, 0.6) is 0 Å². The number of allylic oxidation sites excluding steroid dienone is 1. The van der Waals surface area contributed by atoms with Gasteiger partial charge in [0.05, 0.1) is 26.4 Å². The van der Waals surface area contributed by atoms with Crippen LogP contribution >= 0.6 is 0 Å². The van der Waals surface area contributed by atoms with Crippen LogP contribution in [0.2, 0.25) is 0 Å². The summed E-state index contributed by atoms with van der Waals surface area (Å²) in [6, 6.07) is 0. The summed E-state index contributed by atoms with van der Waals surface area (Å²) in [4.78, 5) is 13.7. The molecule has 5 fully saturated rings. The van der Waals surface area contributed by atoms with Crippen molar-refractivity contribution in [1.29, 1.82) is 0 Å². The molecule has 0 radical (unpaired) electrons. The number of hydrogen-bond donors (Lipinski definition) is 0. The van der Waals surface area contributed by atoms with Crippen LogP contribution < -0.4 is 0 Å². The molecule has 2 aliphatic heterocycles. The number of hydrogen-bond acceptors (Lipinski definition) is 5. The van der Waals surface area contributed by atoms with E-state index in [0.717, 1.165) is 38.5 Å². The summed E-state index contributed by atoms with van der Waals surface area (Å²) in [5.74, 6) is 0.519. The van der Waals surface area contributed by atoms with Crippen LogP contribution in [-0.2, 0) is 23.7 Å². The molecule has 0 N–H and O–H groups in total. The van der Waals surface area contributed by atoms with E-state index in [1.54, 1.807) is 0 Å². The third kappa shape index (κ3) is 2.09. The molecular weight excluding hydrogens is 356 g/mol. The second-order valence-corrected chi connectivity index (χ2v) is 10.5. The third-order valence-electron chi connectivity index (χ3n) is 9.42. The van der Waals surface area contributed by atoms with Crippen LogP contribution in [0.3, 0.4) is 0 Å². The summed E-state index contributed by atoms with van der Waals surface area (Å²) in [5, 5.41) is 0. The summed E-state index contributed by atoms with van der Waals surface area (Å²) in [6.45, 7) is 7.31. The van der Waals surface area contributed by atoms with Crippen LogP contribution in [0.25, 0.3) is 0 Å². The highest BCUT2D eigenvalue weighted by Gasteiger charge is 2.69. The fourth-order valence-corrected chi connectivity index (χ4v) is 8.06. The van der Waals surface area contributed by atoms with Gasteiger partial charge < -0.3 is 18.9 Å². The van der Waals surface area contributed by atoms with Gasteiger partial charge in [0.2, 0.25) is 0 Å². The van der Waals surface area contributed by atoms with Crippen molar-refractivity contribution < 1.29 is 23.7 Å². The lowest BCUT2D eigenvalue weighted by Crippen LogP contribution is -2.59. The van der Waals surface area contributed by atoms with Crippen LogP contribution in [0.15, 0.2) is 11.6 Å². The van der Waals surface area contributed by atoms with Crippen LogP contribution in [-0.4, -0.2) is 43.8 Å². The predicted octanol–water partition coefficient (Wildman–Crippen LogP) is 3.61. The van der Waals surface area contributed by atoms with E-state index in [-0.39, 0.29) is 16.7 Å². The Balaban J connectivity index is 1.36. The quantitative estimate of drug-likeness (QED) is 0.594. The number of rotatable bonds is 0. The second-order valence-electron chi connectivity index (χ2n) is 10.5. The van der Waals surface area contributed by atoms with Crippen molar-refractivity contribution in [2.45, 2.75) is 70.4 Å². The molecule has 0 bridgehead atoms. The SMILES string of the molecule is C[C@]12CCC3(CC1=CCC1C2C(=O)C[C@@]2(C)C1CCC21OCCO1)OCCO3. The van der Waals surface area contributed by atoms with Gasteiger partial charge in [0, 0.05) is 37.0 Å². The first-order valence-electron chi connectivity index (χ1n) is 11.2. The van der Waals surface area contributed by atoms with E-state index in [9.17, 15) is 4.79 Å². The Labute approximate surface area is 167 Å². The fourth-order valence-electron chi connectivity index (χ4n) is 8.06. The molecule has 3 saturated carbocycles. The van der Waals surface area contributed by atoms with Gasteiger partial charge in [-0.15, -0.1) is 0 Å². The van der Waals surface area contributed by atoms with Crippen LogP contribution in [0, 0.1) is 28.6 Å². The summed E-state index contributed by atoms with van der Waals surface area (Å²) in [5.41, 5.74) is 1.17. The number of Topliss-reactive ketones (excluding diaryl/α,β-unsaturated/α-hetero) is 1. The van der Waals surface area contributed by atoms with Crippen LogP contribution in [0.4, 0.5) is 0 Å². The van der Waals surface area contributed by atoms with Gasteiger partial charge in [0.25, 0.3) is 0 Å². The van der Waals surface area contributed by atoms with Crippen molar-refractivity contribution in [3.8, 4) is 0 Å². The minimum Gasteiger partial charge on any atom is -0.347 e. The van der Waals surface area contributed by atoms with Crippen molar-refractivity contribution in [2.75, 3.05) is 26.4 Å². The first-order chi connectivity index (χ1) is 13.4. The first-order valence-corrected chi connectivity index (χ1v) is 11.2. The van der Waals surface area contributed by atoms with Crippen molar-refractivity contribution in [1.82, 2.24) is 0 Å². The Morgan fingerprint density at radius 1 is 0.929 bits per heavy atom. The maximum absolute atomic E-state index is 13.7. The normalized spacial score (nSPS) is 48.4. The molecule has 28 heavy (non-hydrogen) atoms. The molecule has 2 heterocycles. The van der Waals surface area contributed by atoms with E-state index in [4.69, 9.17) is 18.9 Å². The minimum atomic E-state index is -0.522. The molecule has 3 unspecified atom stereocenters. The Hall–Kier alpha value is -0.750. The first kappa shape index (κ1) is 18.1. The van der Waals surface area contributed by atoms with E-state index in [1.807, 2.05) is 0 Å². The average Bonchev–Trinajstić information content (AvgIpc) is 3.38. The van der Waals surface area contributed by atoms with Gasteiger partial charge in [0.1, 0.15) is 5.78 Å². The molecule has 0 aromatic carbocycles. The smallest absolute Gasteiger partial charge is 0.174 e. The van der Waals surface area contributed by atoms with E-state index in [1.165, 1.54) is 5.57 Å². The monoisotopic (exact) mass is 388 g/mol. The molecule has 6 aliphatic rings. The van der Waals surface area contributed by atoms with E-state index >= 15 is 0 Å². The molecular formula is C23H32O5. The lowest BCUT2D eigenvalue weighted by atomic mass is 9.47. The highest BCUT2D eigenvalue weighted by atomic mass is 16.7. The zero-order chi connectivity index (χ0) is 19.2.